The number of rotatable bonds is 6. The van der Waals surface area contributed by atoms with Crippen molar-refractivity contribution in [3.8, 4) is 0 Å². The molecule has 7 heteroatoms. The predicted octanol–water partition coefficient (Wildman–Crippen LogP) is 1.51. The highest BCUT2D eigenvalue weighted by Crippen LogP contribution is 2.23. The highest BCUT2D eigenvalue weighted by atomic mass is 16.4. The van der Waals surface area contributed by atoms with E-state index in [1.165, 1.54) is 0 Å². The zero-order chi connectivity index (χ0) is 18.5. The van der Waals surface area contributed by atoms with Crippen molar-refractivity contribution in [1.29, 1.82) is 0 Å². The summed E-state index contributed by atoms with van der Waals surface area (Å²) in [4.78, 5) is 24.7. The Balaban J connectivity index is 1.59. The van der Waals surface area contributed by atoms with E-state index in [0.29, 0.717) is 17.9 Å². The topological polar surface area (TPSA) is 89.2 Å². The molecule has 0 bridgehead atoms. The molecule has 0 aliphatic carbocycles. The van der Waals surface area contributed by atoms with E-state index < -0.39 is 5.63 Å². The number of nitrogens with zero attached hydrogens (tertiary/aromatic N) is 2. The molecule has 1 aliphatic rings. The molecule has 0 spiro atoms. The van der Waals surface area contributed by atoms with Gasteiger partial charge in [-0.05, 0) is 56.3 Å². The minimum atomic E-state index is -0.546. The van der Waals surface area contributed by atoms with Gasteiger partial charge < -0.3 is 15.1 Å². The Kier molecular flexibility index (Phi) is 5.88. The van der Waals surface area contributed by atoms with E-state index in [1.807, 2.05) is 25.5 Å². The number of hydrogen-bond acceptors (Lipinski definition) is 5. The quantitative estimate of drug-likeness (QED) is 0.764. The summed E-state index contributed by atoms with van der Waals surface area (Å²) in [7, 11) is 1.88. The molecule has 140 valence electrons. The van der Waals surface area contributed by atoms with Crippen LogP contribution in [0.2, 0.25) is 0 Å². The minimum absolute atomic E-state index is 0.110. The first kappa shape index (κ1) is 18.4. The van der Waals surface area contributed by atoms with Crippen LogP contribution in [0.25, 0.3) is 0 Å². The van der Waals surface area contributed by atoms with Gasteiger partial charge in [-0.15, -0.1) is 0 Å². The summed E-state index contributed by atoms with van der Waals surface area (Å²) in [6.45, 7) is 4.10. The average molecular weight is 358 g/mol. The number of carbonyl (C=O) groups is 1. The first-order chi connectivity index (χ1) is 12.5. The molecule has 0 aromatic carbocycles. The van der Waals surface area contributed by atoms with Crippen molar-refractivity contribution in [2.24, 2.45) is 7.05 Å². The molecule has 1 atom stereocenters. The normalized spacial score (nSPS) is 17.2. The highest BCUT2D eigenvalue weighted by Gasteiger charge is 2.22. The van der Waals surface area contributed by atoms with Gasteiger partial charge in [0.05, 0.1) is 6.20 Å². The van der Waals surface area contributed by atoms with Crippen LogP contribution in [0.1, 0.15) is 52.4 Å². The van der Waals surface area contributed by atoms with Crippen LogP contribution in [0.15, 0.2) is 27.7 Å². The van der Waals surface area contributed by atoms with E-state index in [1.54, 1.807) is 11.6 Å². The predicted molar refractivity (Wildman–Crippen MR) is 98.4 cm³/mol. The second kappa shape index (κ2) is 8.31. The zero-order valence-corrected chi connectivity index (χ0v) is 15.4. The first-order valence-electron chi connectivity index (χ1n) is 9.15. The van der Waals surface area contributed by atoms with Gasteiger partial charge in [-0.3, -0.25) is 9.48 Å². The van der Waals surface area contributed by atoms with Crippen LogP contribution in [0.4, 0.5) is 0 Å². The lowest BCUT2D eigenvalue weighted by atomic mass is 9.95. The third kappa shape index (κ3) is 4.40. The van der Waals surface area contributed by atoms with Crippen molar-refractivity contribution in [2.45, 2.75) is 38.5 Å². The summed E-state index contributed by atoms with van der Waals surface area (Å²) in [6, 6.07) is 1.84. The molecule has 1 fully saturated rings. The fourth-order valence-electron chi connectivity index (χ4n) is 3.39. The fourth-order valence-corrected chi connectivity index (χ4v) is 3.39. The van der Waals surface area contributed by atoms with Gasteiger partial charge in [0.15, 0.2) is 0 Å². The lowest BCUT2D eigenvalue weighted by molar-refractivity contribution is 0.0948. The van der Waals surface area contributed by atoms with E-state index >= 15 is 0 Å². The number of nitrogens with one attached hydrogen (secondary N) is 2. The number of aryl methyl sites for hydroxylation is 3. The van der Waals surface area contributed by atoms with Gasteiger partial charge in [-0.1, -0.05) is 0 Å². The van der Waals surface area contributed by atoms with Gasteiger partial charge >= 0.3 is 5.63 Å². The average Bonchev–Trinajstić information content (AvgIpc) is 3.04. The second-order valence-electron chi connectivity index (χ2n) is 6.92. The molecule has 1 aliphatic heterocycles. The molecule has 1 amide bonds. The monoisotopic (exact) mass is 358 g/mol. The second-order valence-corrected chi connectivity index (χ2v) is 6.92. The molecule has 1 unspecified atom stereocenters. The van der Waals surface area contributed by atoms with Crippen molar-refractivity contribution < 1.29 is 9.21 Å². The Hall–Kier alpha value is -2.41. The zero-order valence-electron chi connectivity index (χ0n) is 15.4. The van der Waals surface area contributed by atoms with E-state index in [4.69, 9.17) is 4.42 Å². The molecule has 7 nitrogen and oxygen atoms in total. The van der Waals surface area contributed by atoms with Gasteiger partial charge in [-0.25, -0.2) is 4.79 Å². The lowest BCUT2D eigenvalue weighted by Gasteiger charge is -2.22. The van der Waals surface area contributed by atoms with Crippen molar-refractivity contribution in [3.63, 3.8) is 0 Å². The maximum absolute atomic E-state index is 12.4. The van der Waals surface area contributed by atoms with Crippen LogP contribution in [0.5, 0.6) is 0 Å². The third-order valence-corrected chi connectivity index (χ3v) is 4.78. The maximum atomic E-state index is 12.4. The van der Waals surface area contributed by atoms with Crippen LogP contribution in [-0.2, 0) is 13.5 Å². The van der Waals surface area contributed by atoms with Gasteiger partial charge in [-0.2, -0.15) is 5.10 Å². The van der Waals surface area contributed by atoms with Crippen LogP contribution in [-0.4, -0.2) is 35.3 Å². The van der Waals surface area contributed by atoms with E-state index in [9.17, 15) is 9.59 Å². The summed E-state index contributed by atoms with van der Waals surface area (Å²) >= 11 is 0. The molecule has 3 rings (SSSR count). The van der Waals surface area contributed by atoms with Crippen molar-refractivity contribution in [3.05, 3.63) is 51.3 Å². The molecule has 3 heterocycles. The van der Waals surface area contributed by atoms with Crippen LogP contribution in [0, 0.1) is 6.92 Å². The maximum Gasteiger partial charge on any atom is 0.349 e. The number of aromatic nitrogens is 2. The molecule has 1 saturated heterocycles. The summed E-state index contributed by atoms with van der Waals surface area (Å²) in [5.41, 5.74) is 1.36. The van der Waals surface area contributed by atoms with Crippen LogP contribution >= 0.6 is 0 Å². The summed E-state index contributed by atoms with van der Waals surface area (Å²) < 4.78 is 7.22. The van der Waals surface area contributed by atoms with E-state index in [0.717, 1.165) is 44.3 Å². The molecular weight excluding hydrogens is 332 g/mol. The Labute approximate surface area is 152 Å². The summed E-state index contributed by atoms with van der Waals surface area (Å²) in [6.07, 6.45) is 7.45. The van der Waals surface area contributed by atoms with Gasteiger partial charge in [0.25, 0.3) is 5.91 Å². The number of piperidine rings is 1. The largest absolute Gasteiger partial charge is 0.427 e. The van der Waals surface area contributed by atoms with E-state index in [-0.39, 0.29) is 17.4 Å². The molecule has 26 heavy (non-hydrogen) atoms. The molecule has 0 saturated carbocycles. The van der Waals surface area contributed by atoms with Gasteiger partial charge in [0, 0.05) is 32.3 Å². The number of carbonyl (C=O) groups excluding carboxylic acids is 1. The fraction of sp³-hybridized carbons (Fsp3) is 0.526. The highest BCUT2D eigenvalue weighted by molar-refractivity contribution is 5.95. The number of amides is 1. The van der Waals surface area contributed by atoms with Crippen LogP contribution < -0.4 is 16.3 Å². The molecule has 0 radical (unpaired) electrons. The van der Waals surface area contributed by atoms with Crippen molar-refractivity contribution in [2.75, 3.05) is 19.6 Å². The number of hydrogen-bond donors (Lipinski definition) is 2. The van der Waals surface area contributed by atoms with Crippen molar-refractivity contribution in [1.82, 2.24) is 20.4 Å². The Bertz CT molecular complexity index is 818. The van der Waals surface area contributed by atoms with Crippen LogP contribution in [0.3, 0.4) is 0 Å². The summed E-state index contributed by atoms with van der Waals surface area (Å²) in [5, 5.41) is 10.2. The minimum Gasteiger partial charge on any atom is -0.427 e. The van der Waals surface area contributed by atoms with Crippen molar-refractivity contribution >= 4 is 5.91 Å². The summed E-state index contributed by atoms with van der Waals surface area (Å²) in [5.74, 6) is 0.510. The SMILES string of the molecule is Cc1cc(C2CCCNC2)oc(=O)c1C(=O)NCCCc1cnn(C)c1. The lowest BCUT2D eigenvalue weighted by Crippen LogP contribution is -2.32. The standard InChI is InChI=1S/C19H26N4O3/c1-13-9-16(15-6-4-7-20-11-15)26-19(25)17(13)18(24)21-8-3-5-14-10-22-23(2)12-14/h9-10,12,15,20H,3-8,11H2,1-2H3,(H,21,24). The molecular formula is C19H26N4O3. The molecule has 2 aromatic heterocycles. The Morgan fingerprint density at radius 3 is 3.00 bits per heavy atom. The third-order valence-electron chi connectivity index (χ3n) is 4.78. The van der Waals surface area contributed by atoms with E-state index in [2.05, 4.69) is 15.7 Å². The Morgan fingerprint density at radius 1 is 1.50 bits per heavy atom. The Morgan fingerprint density at radius 2 is 2.35 bits per heavy atom. The van der Waals surface area contributed by atoms with Gasteiger partial charge in [0.1, 0.15) is 11.3 Å². The molecule has 2 N–H and O–H groups in total. The molecule has 2 aromatic rings. The first-order valence-corrected chi connectivity index (χ1v) is 9.15. The van der Waals surface area contributed by atoms with Gasteiger partial charge in [0.2, 0.25) is 0 Å². The smallest absolute Gasteiger partial charge is 0.349 e.